The number of nitrogens with zero attached hydrogens (tertiary/aromatic N) is 3. The van der Waals surface area contributed by atoms with Crippen LogP contribution in [0.3, 0.4) is 0 Å². The Balaban J connectivity index is 0.976. The molecule has 0 bridgehead atoms. The van der Waals surface area contributed by atoms with Crippen LogP contribution in [0.25, 0.3) is 89.1 Å². The number of aromatic nitrogens is 3. The summed E-state index contributed by atoms with van der Waals surface area (Å²) in [5.74, 6) is 1.94. The van der Waals surface area contributed by atoms with Gasteiger partial charge in [-0.05, 0) is 93.9 Å². The maximum absolute atomic E-state index is 5.31. The van der Waals surface area contributed by atoms with Crippen LogP contribution in [0.15, 0.2) is 237 Å². The zero-order valence-corrected chi connectivity index (χ0v) is 35.4. The molecule has 4 heteroatoms. The second-order valence-corrected chi connectivity index (χ2v) is 20.1. The minimum atomic E-state index is -2.71. The van der Waals surface area contributed by atoms with Crippen molar-refractivity contribution in [2.75, 3.05) is 0 Å². The van der Waals surface area contributed by atoms with Crippen molar-refractivity contribution in [1.29, 1.82) is 0 Å². The van der Waals surface area contributed by atoms with E-state index >= 15 is 0 Å². The number of hydrogen-bond donors (Lipinski definition) is 0. The van der Waals surface area contributed by atoms with Crippen molar-refractivity contribution in [3.8, 4) is 67.5 Å². The molecule has 1 aromatic heterocycles. The molecule has 0 aliphatic carbocycles. The Bertz CT molecular complexity index is 3470. The van der Waals surface area contributed by atoms with Crippen LogP contribution >= 0.6 is 0 Å². The minimum Gasteiger partial charge on any atom is -0.208 e. The minimum absolute atomic E-state index is 0.639. The molecule has 294 valence electrons. The van der Waals surface area contributed by atoms with Crippen molar-refractivity contribution in [3.63, 3.8) is 0 Å². The lowest BCUT2D eigenvalue weighted by Gasteiger charge is -2.31. The van der Waals surface area contributed by atoms with E-state index in [1.165, 1.54) is 64.5 Å². The van der Waals surface area contributed by atoms with Gasteiger partial charge in [-0.2, -0.15) is 0 Å². The van der Waals surface area contributed by atoms with Gasteiger partial charge in [0.25, 0.3) is 0 Å². The molecule has 63 heavy (non-hydrogen) atoms. The standard InChI is InChI=1S/C59H39N3Si/c1-4-17-41(18-5-1)57-60-58(47-21-14-20-42(38-47)43-30-31-45-37-46(33-32-44(45)36-43)52-28-15-19-40-16-10-11-26-51(40)52)62-59(61-57)48-34-35-54-53-27-12-13-29-55(53)63(56(54)39-48,49-22-6-2-7-23-49)50-24-8-3-9-25-50/h1-39H. The van der Waals surface area contributed by atoms with Crippen molar-refractivity contribution >= 4 is 50.4 Å². The summed E-state index contributed by atoms with van der Waals surface area (Å²) in [6.07, 6.45) is 0. The van der Waals surface area contributed by atoms with Crippen LogP contribution in [0.5, 0.6) is 0 Å². The zero-order valence-electron chi connectivity index (χ0n) is 34.4. The van der Waals surface area contributed by atoms with Gasteiger partial charge in [0.05, 0.1) is 0 Å². The highest BCUT2D eigenvalue weighted by Crippen LogP contribution is 2.35. The van der Waals surface area contributed by atoms with Crippen LogP contribution < -0.4 is 20.7 Å². The summed E-state index contributed by atoms with van der Waals surface area (Å²) >= 11 is 0. The molecule has 0 spiro atoms. The highest BCUT2D eigenvalue weighted by molar-refractivity contribution is 7.22. The third kappa shape index (κ3) is 6.22. The van der Waals surface area contributed by atoms with E-state index in [2.05, 4.69) is 218 Å². The first-order valence-corrected chi connectivity index (χ1v) is 23.5. The summed E-state index contributed by atoms with van der Waals surface area (Å²) in [5, 5.41) is 10.4. The fourth-order valence-corrected chi connectivity index (χ4v) is 15.1. The van der Waals surface area contributed by atoms with E-state index in [9.17, 15) is 0 Å². The van der Waals surface area contributed by atoms with Crippen LogP contribution in [0.2, 0.25) is 0 Å². The molecule has 0 saturated heterocycles. The molecule has 0 N–H and O–H groups in total. The molecular formula is C59H39N3Si. The van der Waals surface area contributed by atoms with Crippen molar-refractivity contribution in [1.82, 2.24) is 15.0 Å². The molecule has 0 saturated carbocycles. The summed E-state index contributed by atoms with van der Waals surface area (Å²) in [6, 6.07) is 85.6. The first kappa shape index (κ1) is 36.8. The van der Waals surface area contributed by atoms with Crippen LogP contribution in [-0.4, -0.2) is 23.0 Å². The Labute approximate surface area is 367 Å². The first-order valence-electron chi connectivity index (χ1n) is 21.5. The lowest BCUT2D eigenvalue weighted by molar-refractivity contribution is 1.07. The smallest absolute Gasteiger partial charge is 0.180 e. The first-order chi connectivity index (χ1) is 31.2. The Morgan fingerprint density at radius 2 is 0.730 bits per heavy atom. The lowest BCUT2D eigenvalue weighted by Crippen LogP contribution is -2.72. The predicted octanol–water partition coefficient (Wildman–Crippen LogP) is 11.9. The predicted molar refractivity (Wildman–Crippen MR) is 265 cm³/mol. The van der Waals surface area contributed by atoms with E-state index in [4.69, 9.17) is 15.0 Å². The maximum Gasteiger partial charge on any atom is 0.180 e. The molecular weight excluding hydrogens is 779 g/mol. The Hall–Kier alpha value is -8.05. The Kier molecular flexibility index (Phi) is 8.84. The molecule has 1 aliphatic rings. The summed E-state index contributed by atoms with van der Waals surface area (Å²) in [6.45, 7) is 0. The van der Waals surface area contributed by atoms with Gasteiger partial charge in [-0.15, -0.1) is 0 Å². The van der Waals surface area contributed by atoms with E-state index in [0.717, 1.165) is 27.8 Å². The Morgan fingerprint density at radius 3 is 1.48 bits per heavy atom. The van der Waals surface area contributed by atoms with Crippen molar-refractivity contribution in [3.05, 3.63) is 237 Å². The topological polar surface area (TPSA) is 38.7 Å². The molecule has 11 aromatic rings. The van der Waals surface area contributed by atoms with Gasteiger partial charge in [0.2, 0.25) is 0 Å². The molecule has 2 heterocycles. The summed E-state index contributed by atoms with van der Waals surface area (Å²) < 4.78 is 0. The molecule has 0 unspecified atom stereocenters. The van der Waals surface area contributed by atoms with E-state index in [-0.39, 0.29) is 0 Å². The highest BCUT2D eigenvalue weighted by Gasteiger charge is 2.48. The molecule has 1 aliphatic heterocycles. The quantitative estimate of drug-likeness (QED) is 0.150. The molecule has 12 rings (SSSR count). The van der Waals surface area contributed by atoms with E-state index < -0.39 is 8.07 Å². The van der Waals surface area contributed by atoms with Gasteiger partial charge < -0.3 is 0 Å². The van der Waals surface area contributed by atoms with Gasteiger partial charge in [0.15, 0.2) is 25.5 Å². The molecule has 0 amide bonds. The van der Waals surface area contributed by atoms with Crippen molar-refractivity contribution in [2.24, 2.45) is 0 Å². The van der Waals surface area contributed by atoms with Crippen LogP contribution in [0.4, 0.5) is 0 Å². The molecule has 0 fully saturated rings. The third-order valence-electron chi connectivity index (χ3n) is 12.8. The molecule has 0 radical (unpaired) electrons. The second-order valence-electron chi connectivity index (χ2n) is 16.3. The molecule has 10 aromatic carbocycles. The average Bonchev–Trinajstić information content (AvgIpc) is 3.67. The summed E-state index contributed by atoms with van der Waals surface area (Å²) in [5.41, 5.74) is 10.1. The maximum atomic E-state index is 5.31. The van der Waals surface area contributed by atoms with Crippen molar-refractivity contribution < 1.29 is 0 Å². The van der Waals surface area contributed by atoms with E-state index in [0.29, 0.717) is 17.5 Å². The number of fused-ring (bicyclic) bond motifs is 5. The number of rotatable bonds is 7. The second kappa shape index (κ2) is 15.1. The Morgan fingerprint density at radius 1 is 0.254 bits per heavy atom. The molecule has 3 nitrogen and oxygen atoms in total. The summed E-state index contributed by atoms with van der Waals surface area (Å²) in [4.78, 5) is 15.7. The van der Waals surface area contributed by atoms with Gasteiger partial charge in [0.1, 0.15) is 0 Å². The van der Waals surface area contributed by atoms with Crippen LogP contribution in [-0.2, 0) is 0 Å². The van der Waals surface area contributed by atoms with E-state index in [1.807, 2.05) is 18.2 Å². The zero-order chi connectivity index (χ0) is 41.7. The van der Waals surface area contributed by atoms with Crippen LogP contribution in [0.1, 0.15) is 0 Å². The van der Waals surface area contributed by atoms with Crippen LogP contribution in [0, 0.1) is 0 Å². The van der Waals surface area contributed by atoms with E-state index in [1.54, 1.807) is 0 Å². The molecule has 0 atom stereocenters. The third-order valence-corrected chi connectivity index (χ3v) is 17.6. The normalized spacial score (nSPS) is 12.6. The number of benzene rings is 10. The largest absolute Gasteiger partial charge is 0.208 e. The highest BCUT2D eigenvalue weighted by atomic mass is 28.3. The summed E-state index contributed by atoms with van der Waals surface area (Å²) in [7, 11) is -2.71. The van der Waals surface area contributed by atoms with Gasteiger partial charge in [-0.1, -0.05) is 218 Å². The van der Waals surface area contributed by atoms with Gasteiger partial charge >= 0.3 is 0 Å². The van der Waals surface area contributed by atoms with Gasteiger partial charge in [-0.25, -0.2) is 15.0 Å². The average molecular weight is 818 g/mol. The number of hydrogen-bond acceptors (Lipinski definition) is 3. The van der Waals surface area contributed by atoms with Gasteiger partial charge in [-0.3, -0.25) is 0 Å². The monoisotopic (exact) mass is 817 g/mol. The van der Waals surface area contributed by atoms with Gasteiger partial charge in [0, 0.05) is 16.7 Å². The fourth-order valence-electron chi connectivity index (χ4n) is 9.84. The van der Waals surface area contributed by atoms with Crippen molar-refractivity contribution in [2.45, 2.75) is 0 Å². The SMILES string of the molecule is c1ccc(-c2nc(-c3cccc(-c4ccc5cc(-c6cccc7ccccc67)ccc5c4)c3)nc(-c3ccc4c(c3)[Si](c3ccccc3)(c3ccccc3)c3ccccc3-4)n2)cc1. The lowest BCUT2D eigenvalue weighted by atomic mass is 9.94. The fraction of sp³-hybridized carbons (Fsp3) is 0.